The number of carbonyl (C=O) groups excluding carboxylic acids is 1. The second-order valence-electron chi connectivity index (χ2n) is 5.20. The Morgan fingerprint density at radius 1 is 0.920 bits per heavy atom. The van der Waals surface area contributed by atoms with Crippen LogP contribution >= 0.6 is 15.9 Å². The lowest BCUT2D eigenvalue weighted by Gasteiger charge is -2.05. The number of nitrogens with one attached hydrogen (secondary N) is 1. The zero-order chi connectivity index (χ0) is 17.5. The van der Waals surface area contributed by atoms with E-state index in [4.69, 9.17) is 4.74 Å². The van der Waals surface area contributed by atoms with Crippen LogP contribution < -0.4 is 10.2 Å². The maximum absolute atomic E-state index is 12.0. The smallest absolute Gasteiger partial charge is 0.271 e. The Morgan fingerprint density at radius 3 is 2.48 bits per heavy atom. The molecule has 3 rings (SSSR count). The molecule has 0 atom stereocenters. The molecule has 3 aromatic rings. The molecule has 0 saturated carbocycles. The third kappa shape index (κ3) is 5.02. The Hall–Kier alpha value is -2.92. The van der Waals surface area contributed by atoms with Crippen molar-refractivity contribution < 1.29 is 9.53 Å². The molecule has 25 heavy (non-hydrogen) atoms. The molecular formula is C20H15BrN2O2. The van der Waals surface area contributed by atoms with Crippen LogP contribution in [0.4, 0.5) is 0 Å². The summed E-state index contributed by atoms with van der Waals surface area (Å²) in [5.74, 6) is 1.20. The minimum atomic E-state index is -0.269. The number of rotatable bonds is 5. The predicted octanol–water partition coefficient (Wildman–Crippen LogP) is 5.01. The minimum absolute atomic E-state index is 0.269. The van der Waals surface area contributed by atoms with Crippen molar-refractivity contribution in [2.24, 2.45) is 5.10 Å². The number of amides is 1. The van der Waals surface area contributed by atoms with Crippen LogP contribution in [0.3, 0.4) is 0 Å². The van der Waals surface area contributed by atoms with Gasteiger partial charge >= 0.3 is 0 Å². The monoisotopic (exact) mass is 394 g/mol. The van der Waals surface area contributed by atoms with Crippen LogP contribution in [0.2, 0.25) is 0 Å². The summed E-state index contributed by atoms with van der Waals surface area (Å²) in [6, 6.07) is 24.1. The van der Waals surface area contributed by atoms with E-state index in [0.717, 1.165) is 15.8 Å². The highest BCUT2D eigenvalue weighted by Gasteiger charge is 2.04. The molecule has 0 aromatic heterocycles. The van der Waals surface area contributed by atoms with Crippen molar-refractivity contribution in [2.45, 2.75) is 0 Å². The van der Waals surface area contributed by atoms with Crippen molar-refractivity contribution in [1.82, 2.24) is 5.43 Å². The average Bonchev–Trinajstić information content (AvgIpc) is 2.63. The van der Waals surface area contributed by atoms with Crippen molar-refractivity contribution in [3.05, 3.63) is 94.5 Å². The Labute approximate surface area is 154 Å². The molecule has 5 heteroatoms. The lowest BCUT2D eigenvalue weighted by atomic mass is 10.2. The Morgan fingerprint density at radius 2 is 1.68 bits per heavy atom. The fourth-order valence-corrected chi connectivity index (χ4v) is 2.54. The van der Waals surface area contributed by atoms with E-state index in [1.165, 1.54) is 0 Å². The van der Waals surface area contributed by atoms with Gasteiger partial charge in [-0.15, -0.1) is 0 Å². The van der Waals surface area contributed by atoms with Gasteiger partial charge < -0.3 is 4.74 Å². The summed E-state index contributed by atoms with van der Waals surface area (Å²) in [7, 11) is 0. The van der Waals surface area contributed by atoms with Gasteiger partial charge in [0.05, 0.1) is 6.21 Å². The van der Waals surface area contributed by atoms with E-state index in [-0.39, 0.29) is 5.91 Å². The van der Waals surface area contributed by atoms with Gasteiger partial charge in [-0.25, -0.2) is 5.43 Å². The number of nitrogens with zero attached hydrogens (tertiary/aromatic N) is 1. The van der Waals surface area contributed by atoms with Crippen LogP contribution in [-0.2, 0) is 0 Å². The Kier molecular flexibility index (Phi) is 5.59. The van der Waals surface area contributed by atoms with Gasteiger partial charge in [0.2, 0.25) is 0 Å². The molecule has 0 unspecified atom stereocenters. The van der Waals surface area contributed by atoms with Crippen LogP contribution in [0, 0.1) is 0 Å². The molecule has 0 saturated heterocycles. The van der Waals surface area contributed by atoms with Crippen LogP contribution in [0.1, 0.15) is 15.9 Å². The summed E-state index contributed by atoms with van der Waals surface area (Å²) in [5, 5.41) is 4.00. The van der Waals surface area contributed by atoms with E-state index < -0.39 is 0 Å². The first-order valence-corrected chi connectivity index (χ1v) is 8.42. The van der Waals surface area contributed by atoms with E-state index >= 15 is 0 Å². The van der Waals surface area contributed by atoms with Crippen LogP contribution in [0.5, 0.6) is 11.5 Å². The second-order valence-corrected chi connectivity index (χ2v) is 6.11. The van der Waals surface area contributed by atoms with Gasteiger partial charge in [0.1, 0.15) is 11.5 Å². The summed E-state index contributed by atoms with van der Waals surface area (Å²) in [6.45, 7) is 0. The van der Waals surface area contributed by atoms with E-state index in [1.807, 2.05) is 60.7 Å². The number of hydrogen-bond acceptors (Lipinski definition) is 3. The highest BCUT2D eigenvalue weighted by Crippen LogP contribution is 2.21. The average molecular weight is 395 g/mol. The number of hydrogen-bond donors (Lipinski definition) is 1. The van der Waals surface area contributed by atoms with E-state index in [9.17, 15) is 4.79 Å². The number of ether oxygens (including phenoxy) is 1. The van der Waals surface area contributed by atoms with Crippen molar-refractivity contribution in [1.29, 1.82) is 0 Å². The fourth-order valence-electron chi connectivity index (χ4n) is 2.14. The molecular weight excluding hydrogens is 380 g/mol. The zero-order valence-corrected chi connectivity index (χ0v) is 14.8. The summed E-state index contributed by atoms with van der Waals surface area (Å²) in [4.78, 5) is 12.0. The largest absolute Gasteiger partial charge is 0.457 e. The van der Waals surface area contributed by atoms with Crippen molar-refractivity contribution in [2.75, 3.05) is 0 Å². The topological polar surface area (TPSA) is 50.7 Å². The molecule has 1 N–H and O–H groups in total. The van der Waals surface area contributed by atoms with E-state index in [0.29, 0.717) is 11.3 Å². The Bertz CT molecular complexity index is 895. The molecule has 0 aliphatic carbocycles. The summed E-state index contributed by atoms with van der Waals surface area (Å²) in [6.07, 6.45) is 1.58. The molecule has 0 aliphatic rings. The highest BCUT2D eigenvalue weighted by atomic mass is 79.9. The van der Waals surface area contributed by atoms with Gasteiger partial charge in [-0.2, -0.15) is 5.10 Å². The molecule has 0 fully saturated rings. The van der Waals surface area contributed by atoms with E-state index in [1.54, 1.807) is 24.4 Å². The van der Waals surface area contributed by atoms with Gasteiger partial charge in [-0.1, -0.05) is 52.3 Å². The molecule has 0 radical (unpaired) electrons. The normalized spacial score (nSPS) is 10.6. The van der Waals surface area contributed by atoms with Gasteiger partial charge in [-0.05, 0) is 48.0 Å². The fraction of sp³-hybridized carbons (Fsp3) is 0. The van der Waals surface area contributed by atoms with Crippen LogP contribution in [-0.4, -0.2) is 12.1 Å². The molecule has 3 aromatic carbocycles. The summed E-state index contributed by atoms with van der Waals surface area (Å²) in [5.41, 5.74) is 3.87. The van der Waals surface area contributed by atoms with Gasteiger partial charge in [0.25, 0.3) is 5.91 Å². The van der Waals surface area contributed by atoms with Crippen LogP contribution in [0.25, 0.3) is 0 Å². The first-order chi connectivity index (χ1) is 12.2. The number of halogens is 1. The lowest BCUT2D eigenvalue weighted by molar-refractivity contribution is 0.0955. The first-order valence-electron chi connectivity index (χ1n) is 7.63. The number of hydrazone groups is 1. The molecule has 4 nitrogen and oxygen atoms in total. The lowest BCUT2D eigenvalue weighted by Crippen LogP contribution is -2.17. The standard InChI is InChI=1S/C20H15BrN2O2/c21-17-8-5-7-16(13-17)20(24)23-22-14-15-6-4-11-19(12-15)25-18-9-2-1-3-10-18/h1-14H,(H,23,24)/b22-14-. The molecule has 124 valence electrons. The Balaban J connectivity index is 1.63. The quantitative estimate of drug-likeness (QED) is 0.488. The summed E-state index contributed by atoms with van der Waals surface area (Å²) < 4.78 is 6.62. The van der Waals surface area contributed by atoms with Gasteiger partial charge in [0, 0.05) is 10.0 Å². The van der Waals surface area contributed by atoms with Crippen molar-refractivity contribution in [3.63, 3.8) is 0 Å². The predicted molar refractivity (Wildman–Crippen MR) is 102 cm³/mol. The zero-order valence-electron chi connectivity index (χ0n) is 13.2. The third-order valence-corrected chi connectivity index (χ3v) is 3.80. The molecule has 0 bridgehead atoms. The van der Waals surface area contributed by atoms with Crippen molar-refractivity contribution >= 4 is 28.1 Å². The molecule has 0 aliphatic heterocycles. The van der Waals surface area contributed by atoms with Crippen molar-refractivity contribution in [3.8, 4) is 11.5 Å². The molecule has 0 spiro atoms. The summed E-state index contributed by atoms with van der Waals surface area (Å²) >= 11 is 3.34. The third-order valence-electron chi connectivity index (χ3n) is 3.30. The second kappa shape index (κ2) is 8.26. The highest BCUT2D eigenvalue weighted by molar-refractivity contribution is 9.10. The first kappa shape index (κ1) is 16.9. The van der Waals surface area contributed by atoms with Gasteiger partial charge in [0.15, 0.2) is 0 Å². The maximum atomic E-state index is 12.0. The van der Waals surface area contributed by atoms with Gasteiger partial charge in [-0.3, -0.25) is 4.79 Å². The maximum Gasteiger partial charge on any atom is 0.271 e. The number of carbonyl (C=O) groups is 1. The molecule has 0 heterocycles. The van der Waals surface area contributed by atoms with E-state index in [2.05, 4.69) is 26.5 Å². The minimum Gasteiger partial charge on any atom is -0.457 e. The SMILES string of the molecule is O=C(N/N=C\c1cccc(Oc2ccccc2)c1)c1cccc(Br)c1. The number of benzene rings is 3. The molecule has 1 amide bonds. The number of para-hydroxylation sites is 1. The van der Waals surface area contributed by atoms with Crippen LogP contribution in [0.15, 0.2) is 88.4 Å².